The van der Waals surface area contributed by atoms with Crippen LogP contribution in [-0.2, 0) is 38.0 Å². The van der Waals surface area contributed by atoms with Gasteiger partial charge >= 0.3 is 5.97 Å². The second-order valence-corrected chi connectivity index (χ2v) is 18.9. The van der Waals surface area contributed by atoms with E-state index in [2.05, 4.69) is 13.8 Å². The molecule has 0 aromatic carbocycles. The van der Waals surface area contributed by atoms with Crippen molar-refractivity contribution < 1.29 is 68.6 Å². The van der Waals surface area contributed by atoms with E-state index in [1.165, 1.54) is 6.08 Å². The molecule has 4 aliphatic carbocycles. The molecule has 8 aliphatic rings. The van der Waals surface area contributed by atoms with Crippen LogP contribution < -0.4 is 0 Å². The predicted molar refractivity (Wildman–Crippen MR) is 193 cm³/mol. The predicted octanol–water partition coefficient (Wildman–Crippen LogP) is 2.22. The van der Waals surface area contributed by atoms with Gasteiger partial charge in [-0.05, 0) is 94.5 Å². The van der Waals surface area contributed by atoms with Crippen molar-refractivity contribution in [1.82, 2.24) is 0 Å². The van der Waals surface area contributed by atoms with Crippen LogP contribution in [0.1, 0.15) is 105 Å². The summed E-state index contributed by atoms with van der Waals surface area (Å²) in [6.45, 7) is 9.98. The Bertz CT molecular complexity index is 1410. The lowest BCUT2D eigenvalue weighted by atomic mass is 9.43. The van der Waals surface area contributed by atoms with E-state index in [0.29, 0.717) is 18.3 Å². The topological polar surface area (TPSA) is 203 Å². The van der Waals surface area contributed by atoms with Crippen molar-refractivity contribution >= 4 is 5.97 Å². The number of hydrogen-bond acceptors (Lipinski definition) is 14. The van der Waals surface area contributed by atoms with Crippen molar-refractivity contribution in [2.24, 2.45) is 34.5 Å². The highest BCUT2D eigenvalue weighted by atomic mass is 16.7. The van der Waals surface area contributed by atoms with Crippen LogP contribution in [0.25, 0.3) is 0 Å². The molecule has 14 nitrogen and oxygen atoms in total. The molecule has 14 heteroatoms. The standard InChI is InChI=1S/C41H64O14/c1-19-36(47)27(42)14-33(50-19)54-38-21(3)52-34(16-29(38)44)55-37-20(2)51-32(15-28(37)43)53-24-8-10-39(4)23(13-24)6-7-26-25(39)9-11-40(5)35(22-12-31(46)49-18-22)30(45)17-41(26,40)48/h12,19-21,23-30,32-38,42-45,47-48H,6-11,13-18H2,1-5H3/t19-,20+,21+,23+,24+,25-,26+,27+,28+,29+,30+,32-,33+,34-,35+,36+,37-,38-,39+,40+,41+/m0/s1. The zero-order chi connectivity index (χ0) is 39.2. The molecular weight excluding hydrogens is 716 g/mol. The van der Waals surface area contributed by atoms with Gasteiger partial charge in [0.25, 0.3) is 0 Å². The molecule has 312 valence electrons. The molecule has 7 fully saturated rings. The first-order chi connectivity index (χ1) is 26.0. The third-order valence-electron chi connectivity index (χ3n) is 15.8. The van der Waals surface area contributed by atoms with Crippen LogP contribution in [0.3, 0.4) is 0 Å². The summed E-state index contributed by atoms with van der Waals surface area (Å²) >= 11 is 0. The van der Waals surface area contributed by atoms with Gasteiger partial charge in [0.1, 0.15) is 24.9 Å². The number of rotatable bonds is 7. The van der Waals surface area contributed by atoms with Gasteiger partial charge in [-0.2, -0.15) is 0 Å². The maximum atomic E-state index is 12.6. The Balaban J connectivity index is 0.834. The van der Waals surface area contributed by atoms with Crippen LogP contribution in [0.15, 0.2) is 11.6 Å². The van der Waals surface area contributed by atoms with Crippen molar-refractivity contribution in [3.63, 3.8) is 0 Å². The first-order valence-corrected chi connectivity index (χ1v) is 20.9. The van der Waals surface area contributed by atoms with Gasteiger partial charge in [-0.1, -0.05) is 13.8 Å². The number of hydrogen-bond donors (Lipinski definition) is 6. The van der Waals surface area contributed by atoms with Crippen LogP contribution in [0.4, 0.5) is 0 Å². The fourth-order valence-electron chi connectivity index (χ4n) is 12.9. The van der Waals surface area contributed by atoms with Crippen molar-refractivity contribution in [1.29, 1.82) is 0 Å². The number of aliphatic hydroxyl groups is 6. The Kier molecular flexibility index (Phi) is 11.1. The smallest absolute Gasteiger partial charge is 0.331 e. The molecule has 55 heavy (non-hydrogen) atoms. The van der Waals surface area contributed by atoms with Crippen molar-refractivity contribution in [2.75, 3.05) is 6.61 Å². The van der Waals surface area contributed by atoms with Crippen LogP contribution in [0.5, 0.6) is 0 Å². The van der Waals surface area contributed by atoms with Crippen molar-refractivity contribution in [2.45, 2.75) is 197 Å². The van der Waals surface area contributed by atoms with E-state index in [1.807, 2.05) is 6.92 Å². The summed E-state index contributed by atoms with van der Waals surface area (Å²) < 4.78 is 42.1. The summed E-state index contributed by atoms with van der Waals surface area (Å²) in [5, 5.41) is 66.3. The Morgan fingerprint density at radius 3 is 1.87 bits per heavy atom. The minimum atomic E-state index is -1.01. The molecule has 4 heterocycles. The Hall–Kier alpha value is -1.27. The molecular formula is C41H64O14. The Morgan fingerprint density at radius 1 is 0.691 bits per heavy atom. The Labute approximate surface area is 323 Å². The summed E-state index contributed by atoms with van der Waals surface area (Å²) in [5.41, 5.74) is -0.686. The van der Waals surface area contributed by atoms with E-state index in [4.69, 9.17) is 33.2 Å². The number of fused-ring (bicyclic) bond motifs is 5. The normalized spacial score (nSPS) is 55.5. The van der Waals surface area contributed by atoms with Crippen LogP contribution in [-0.4, -0.2) is 135 Å². The number of aliphatic hydroxyl groups excluding tert-OH is 5. The lowest BCUT2D eigenvalue weighted by molar-refractivity contribution is -0.336. The molecule has 0 aromatic rings. The zero-order valence-corrected chi connectivity index (χ0v) is 32.9. The van der Waals surface area contributed by atoms with E-state index in [1.54, 1.807) is 13.8 Å². The minimum absolute atomic E-state index is 0.0203. The molecule has 0 bridgehead atoms. The molecule has 4 saturated carbocycles. The first kappa shape index (κ1) is 40.5. The lowest BCUT2D eigenvalue weighted by Gasteiger charge is -2.63. The first-order valence-electron chi connectivity index (χ1n) is 20.9. The van der Waals surface area contributed by atoms with Gasteiger partial charge < -0.3 is 63.8 Å². The highest BCUT2D eigenvalue weighted by Gasteiger charge is 2.70. The minimum Gasteiger partial charge on any atom is -0.458 e. The zero-order valence-electron chi connectivity index (χ0n) is 32.9. The maximum absolute atomic E-state index is 12.6. The van der Waals surface area contributed by atoms with Gasteiger partial charge in [-0.3, -0.25) is 0 Å². The van der Waals surface area contributed by atoms with E-state index in [9.17, 15) is 35.4 Å². The largest absolute Gasteiger partial charge is 0.458 e. The molecule has 0 unspecified atom stereocenters. The molecule has 0 aromatic heterocycles. The highest BCUT2D eigenvalue weighted by Crippen LogP contribution is 2.70. The number of carbonyl (C=O) groups is 1. The average molecular weight is 781 g/mol. The summed E-state index contributed by atoms with van der Waals surface area (Å²) in [6.07, 6.45) is -1.26. The van der Waals surface area contributed by atoms with Gasteiger partial charge in [0.15, 0.2) is 18.9 Å². The van der Waals surface area contributed by atoms with Crippen LogP contribution in [0.2, 0.25) is 0 Å². The van der Waals surface area contributed by atoms with Gasteiger partial charge in [-0.25, -0.2) is 4.79 Å². The fraction of sp³-hybridized carbons (Fsp3) is 0.927. The second-order valence-electron chi connectivity index (χ2n) is 18.9. The van der Waals surface area contributed by atoms with E-state index in [-0.39, 0.29) is 55.2 Å². The van der Waals surface area contributed by atoms with Gasteiger partial charge in [0.2, 0.25) is 0 Å². The quantitative estimate of drug-likeness (QED) is 0.162. The number of cyclic esters (lactones) is 1. The molecule has 21 atom stereocenters. The van der Waals surface area contributed by atoms with Crippen LogP contribution >= 0.6 is 0 Å². The third-order valence-corrected chi connectivity index (χ3v) is 15.8. The molecule has 0 spiro atoms. The fourth-order valence-corrected chi connectivity index (χ4v) is 12.9. The number of carbonyl (C=O) groups excluding carboxylic acids is 1. The third kappa shape index (κ3) is 7.05. The van der Waals surface area contributed by atoms with Gasteiger partial charge in [0.05, 0.1) is 54.4 Å². The molecule has 0 amide bonds. The summed E-state index contributed by atoms with van der Waals surface area (Å²) in [4.78, 5) is 12.0. The van der Waals surface area contributed by atoms with Crippen molar-refractivity contribution in [3.8, 4) is 0 Å². The highest BCUT2D eigenvalue weighted by molar-refractivity contribution is 5.85. The lowest BCUT2D eigenvalue weighted by Crippen LogP contribution is -2.62. The average Bonchev–Trinajstić information content (AvgIpc) is 3.62. The SMILES string of the molecule is C[C@@H]1O[C@H](O[C@@H]2[C@H](O)C[C@H](O[C@@H]3[C@H](O)C[C@H](O[C@@H]4CC[C@]5(C)[C@H](CC[C@@H]6[C@@H]5CC[C@]5(C)[C@H](C7=CC(=O)OC7)[C@H](O)C[C@@]65O)C4)O[C@@H]3C)O[C@@H]2C)C[C@@H](O)[C@@H]1O. The van der Waals surface area contributed by atoms with Crippen LogP contribution in [0, 0.1) is 34.5 Å². The number of ether oxygens (including phenoxy) is 7. The molecule has 4 aliphatic heterocycles. The molecule has 3 saturated heterocycles. The summed E-state index contributed by atoms with van der Waals surface area (Å²) in [7, 11) is 0. The van der Waals surface area contributed by atoms with E-state index in [0.717, 1.165) is 50.5 Å². The number of esters is 1. The molecule has 6 N–H and O–H groups in total. The maximum Gasteiger partial charge on any atom is 0.331 e. The molecule has 0 radical (unpaired) electrons. The van der Waals surface area contributed by atoms with Crippen molar-refractivity contribution in [3.05, 3.63) is 11.6 Å². The van der Waals surface area contributed by atoms with Gasteiger partial charge in [-0.15, -0.1) is 0 Å². The van der Waals surface area contributed by atoms with Gasteiger partial charge in [0, 0.05) is 43.1 Å². The summed E-state index contributed by atoms with van der Waals surface area (Å²) in [6, 6.07) is 0. The Morgan fingerprint density at radius 2 is 1.29 bits per heavy atom. The monoisotopic (exact) mass is 780 g/mol. The van der Waals surface area contributed by atoms with E-state index < -0.39 is 90.9 Å². The molecule has 8 rings (SSSR count). The second kappa shape index (κ2) is 15.1. The summed E-state index contributed by atoms with van der Waals surface area (Å²) in [5.74, 6) is 0.174. The van der Waals surface area contributed by atoms with E-state index >= 15 is 0 Å².